The quantitative estimate of drug-likeness (QED) is 0.243. The molecule has 6 rings (SSSR count). The summed E-state index contributed by atoms with van der Waals surface area (Å²) >= 11 is 8.15. The second-order valence-electron chi connectivity index (χ2n) is 7.63. The third kappa shape index (κ3) is 4.19. The molecule has 0 bridgehead atoms. The van der Waals surface area contributed by atoms with Gasteiger partial charge in [-0.15, -0.1) is 0 Å². The second kappa shape index (κ2) is 9.54. The summed E-state index contributed by atoms with van der Waals surface area (Å²) in [5, 5.41) is 17.4. The first-order valence-electron chi connectivity index (χ1n) is 9.70. The Morgan fingerprint density at radius 3 is 2.76 bits per heavy atom. The van der Waals surface area contributed by atoms with Crippen molar-refractivity contribution in [3.8, 4) is 0 Å². The van der Waals surface area contributed by atoms with Crippen molar-refractivity contribution in [3.63, 3.8) is 0 Å². The van der Waals surface area contributed by atoms with Gasteiger partial charge in [0.05, 0.1) is 12.3 Å². The molecule has 6 unspecified atom stereocenters. The second-order valence-corrected chi connectivity index (χ2v) is 11.0. The minimum atomic E-state index is -3.68. The van der Waals surface area contributed by atoms with Crippen LogP contribution in [0, 0.1) is 0 Å². The van der Waals surface area contributed by atoms with E-state index >= 15 is 0 Å². The number of hydrogen-bond donors (Lipinski definition) is 3. The Bertz CT molecular complexity index is 1200. The van der Waals surface area contributed by atoms with Gasteiger partial charge in [0, 0.05) is 6.20 Å². The smallest absolute Gasteiger partial charge is 0.780 e. The van der Waals surface area contributed by atoms with Gasteiger partial charge < -0.3 is 39.9 Å². The minimum absolute atomic E-state index is 0. The number of aliphatic hydroxyl groups excluding tert-OH is 1. The Labute approximate surface area is 229 Å². The molecular weight excluding hydrogens is 564 g/mol. The zero-order valence-corrected chi connectivity index (χ0v) is 22.9. The number of carbonyl (C=O) groups is 1. The van der Waals surface area contributed by atoms with Gasteiger partial charge >= 0.3 is 29.6 Å². The molecule has 6 atom stereocenters. The van der Waals surface area contributed by atoms with Gasteiger partial charge in [-0.2, -0.15) is 0 Å². The number of amides is 1. The van der Waals surface area contributed by atoms with Gasteiger partial charge in [0.1, 0.15) is 30.8 Å². The van der Waals surface area contributed by atoms with Gasteiger partial charge in [0.15, 0.2) is 22.9 Å². The monoisotopic (exact) mass is 581 g/mol. The number of rotatable bonds is 2. The molecule has 12 nitrogen and oxygen atoms in total. The SMILES string of the molecule is O.O=C1c2nc(Br)n(C3OC4COP([O-])(=S)OC4C3O)c2NC2NC(c3ccccc3)=CN12.[Na+]. The van der Waals surface area contributed by atoms with Crippen LogP contribution in [0.1, 0.15) is 22.3 Å². The Morgan fingerprint density at radius 2 is 2.03 bits per heavy atom. The van der Waals surface area contributed by atoms with E-state index in [1.807, 2.05) is 30.3 Å². The summed E-state index contributed by atoms with van der Waals surface area (Å²) in [7, 11) is 0. The summed E-state index contributed by atoms with van der Waals surface area (Å²) in [5.41, 5.74) is 1.88. The molecule has 1 amide bonds. The van der Waals surface area contributed by atoms with Crippen LogP contribution < -0.4 is 45.1 Å². The average molecular weight is 582 g/mol. The first-order valence-corrected chi connectivity index (χ1v) is 13.1. The minimum Gasteiger partial charge on any atom is -0.780 e. The van der Waals surface area contributed by atoms with E-state index in [2.05, 4.69) is 31.5 Å². The van der Waals surface area contributed by atoms with Gasteiger partial charge in [0.25, 0.3) is 5.91 Å². The number of nitrogens with zero attached hydrogens (tertiary/aromatic N) is 3. The maximum Gasteiger partial charge on any atom is 1.00 e. The number of benzene rings is 1. The van der Waals surface area contributed by atoms with Crippen LogP contribution >= 0.6 is 22.6 Å². The van der Waals surface area contributed by atoms with Gasteiger partial charge in [-0.05, 0) is 21.5 Å². The van der Waals surface area contributed by atoms with Crippen molar-refractivity contribution in [1.29, 1.82) is 0 Å². The van der Waals surface area contributed by atoms with Crippen molar-refractivity contribution in [2.24, 2.45) is 0 Å². The number of carbonyl (C=O) groups excluding carboxylic acids is 1. The van der Waals surface area contributed by atoms with Crippen LogP contribution in [-0.2, 0) is 25.6 Å². The van der Waals surface area contributed by atoms with Gasteiger partial charge in [0.2, 0.25) is 0 Å². The van der Waals surface area contributed by atoms with Crippen LogP contribution in [0.5, 0.6) is 0 Å². The molecule has 4 aliphatic rings. The summed E-state index contributed by atoms with van der Waals surface area (Å²) in [6.45, 7) is -3.75. The number of hydrogen-bond acceptors (Lipinski definition) is 10. The van der Waals surface area contributed by atoms with Gasteiger partial charge in [-0.1, -0.05) is 42.1 Å². The molecule has 2 aromatic rings. The summed E-state index contributed by atoms with van der Waals surface area (Å²) in [4.78, 5) is 31.1. The van der Waals surface area contributed by atoms with E-state index in [-0.39, 0.29) is 58.0 Å². The molecule has 2 fully saturated rings. The van der Waals surface area contributed by atoms with Crippen molar-refractivity contribution in [1.82, 2.24) is 19.8 Å². The summed E-state index contributed by atoms with van der Waals surface area (Å²) < 4.78 is 18.1. The number of fused-ring (bicyclic) bond motifs is 3. The van der Waals surface area contributed by atoms with E-state index < -0.39 is 37.5 Å². The van der Waals surface area contributed by atoms with Crippen LogP contribution in [0.15, 0.2) is 41.3 Å². The van der Waals surface area contributed by atoms with E-state index in [9.17, 15) is 14.8 Å². The third-order valence-electron chi connectivity index (χ3n) is 5.71. The molecule has 0 radical (unpaired) electrons. The first-order chi connectivity index (χ1) is 15.3. The fraction of sp³-hybridized carbons (Fsp3) is 0.333. The van der Waals surface area contributed by atoms with E-state index in [4.69, 9.17) is 25.6 Å². The van der Waals surface area contributed by atoms with Gasteiger partial charge in [-0.3, -0.25) is 14.3 Å². The zero-order chi connectivity index (χ0) is 22.2. The summed E-state index contributed by atoms with van der Waals surface area (Å²) in [6, 6.07) is 9.62. The van der Waals surface area contributed by atoms with Crippen LogP contribution in [-0.4, -0.2) is 62.1 Å². The van der Waals surface area contributed by atoms with Crippen molar-refractivity contribution >= 4 is 51.9 Å². The molecule has 5 heterocycles. The third-order valence-corrected chi connectivity index (χ3v) is 7.81. The molecule has 176 valence electrons. The molecule has 16 heteroatoms. The molecule has 0 spiro atoms. The molecule has 34 heavy (non-hydrogen) atoms. The van der Waals surface area contributed by atoms with Crippen LogP contribution in [0.3, 0.4) is 0 Å². The maximum absolute atomic E-state index is 13.2. The number of aromatic nitrogens is 2. The molecular formula is C18H18BrN5NaO7PS. The van der Waals surface area contributed by atoms with Crippen molar-refractivity contribution in [2.75, 3.05) is 11.9 Å². The maximum atomic E-state index is 13.2. The summed E-state index contributed by atoms with van der Waals surface area (Å²) in [5.74, 6) is 0.0460. The molecule has 5 N–H and O–H groups in total. The number of imidazole rings is 1. The van der Waals surface area contributed by atoms with Crippen LogP contribution in [0.4, 0.5) is 5.82 Å². The topological polar surface area (TPSA) is 165 Å². The van der Waals surface area contributed by atoms with E-state index in [1.165, 1.54) is 9.47 Å². The number of aliphatic hydroxyl groups is 1. The molecule has 1 aromatic heterocycles. The average Bonchev–Trinajstić information content (AvgIpc) is 3.43. The van der Waals surface area contributed by atoms with E-state index in [0.717, 1.165) is 11.3 Å². The number of halogens is 1. The fourth-order valence-corrected chi connectivity index (χ4v) is 6.23. The Hall–Kier alpha value is -0.870. The van der Waals surface area contributed by atoms with Crippen molar-refractivity contribution in [3.05, 3.63) is 52.5 Å². The molecule has 1 aromatic carbocycles. The largest absolute Gasteiger partial charge is 1.00 e. The van der Waals surface area contributed by atoms with Crippen molar-refractivity contribution in [2.45, 2.75) is 30.8 Å². The van der Waals surface area contributed by atoms with E-state index in [1.54, 1.807) is 6.20 Å². The van der Waals surface area contributed by atoms with Crippen molar-refractivity contribution < 1.29 is 63.6 Å². The Balaban J connectivity index is 0.00000137. The first kappa shape index (κ1) is 26.2. The van der Waals surface area contributed by atoms with Crippen LogP contribution in [0.2, 0.25) is 0 Å². The normalized spacial score (nSPS) is 33.4. The standard InChI is InChI=1S/C18H17BrN5O6PS.Na.H2O/c19-17-21-11-14(24(17)16-12(25)13-10(29-16)7-28-31(27,32)30-13)22-18-20-9(6-23(18)15(11)26)8-4-2-1-3-5-8;;/h1-6,10,12-13,16,18,20,22,25H,7H2,(H,27,32);;1H2/q;+1;/p-1. The van der Waals surface area contributed by atoms with Crippen LogP contribution in [0.25, 0.3) is 5.70 Å². The number of nitrogens with one attached hydrogen (secondary N) is 2. The molecule has 0 saturated carbocycles. The summed E-state index contributed by atoms with van der Waals surface area (Å²) in [6.07, 6.45) is -2.60. The molecule has 2 saturated heterocycles. The zero-order valence-electron chi connectivity index (χ0n) is 17.6. The predicted octanol–water partition coefficient (Wildman–Crippen LogP) is -3.16. The Kier molecular flexibility index (Phi) is 7.35. The Morgan fingerprint density at radius 1 is 1.29 bits per heavy atom. The number of ether oxygens (including phenoxy) is 1. The molecule has 0 aliphatic carbocycles. The number of anilines is 1. The molecule has 4 aliphatic heterocycles. The fourth-order valence-electron chi connectivity index (χ4n) is 4.24. The van der Waals surface area contributed by atoms with Gasteiger partial charge in [-0.25, -0.2) is 4.98 Å². The predicted molar refractivity (Wildman–Crippen MR) is 120 cm³/mol. The van der Waals surface area contributed by atoms with E-state index in [0.29, 0.717) is 5.82 Å².